The third kappa shape index (κ3) is 4.89. The van der Waals surface area contributed by atoms with E-state index in [0.29, 0.717) is 0 Å². The van der Waals surface area contributed by atoms with Gasteiger partial charge in [0, 0.05) is 0 Å². The van der Waals surface area contributed by atoms with E-state index in [2.05, 4.69) is 44.2 Å². The Morgan fingerprint density at radius 1 is 0.941 bits per heavy atom. The van der Waals surface area contributed by atoms with Crippen LogP contribution in [0, 0.1) is 0 Å². The molecule has 0 unspecified atom stereocenters. The fourth-order valence-corrected chi connectivity index (χ4v) is 1.93. The molecule has 0 saturated carbocycles. The maximum absolute atomic E-state index is 2.33. The fourth-order valence-electron chi connectivity index (χ4n) is 1.93. The summed E-state index contributed by atoms with van der Waals surface area (Å²) in [6.07, 6.45) is 2.29. The van der Waals surface area contributed by atoms with E-state index in [1.165, 1.54) is 21.9 Å². The Labute approximate surface area is 137 Å². The van der Waals surface area contributed by atoms with Gasteiger partial charge in [-0.2, -0.15) is 12.1 Å². The Morgan fingerprint density at radius 3 is 2.00 bits per heavy atom. The molecular weight excluding hydrogens is 310 g/mol. The van der Waals surface area contributed by atoms with Crippen molar-refractivity contribution in [2.75, 3.05) is 0 Å². The van der Waals surface area contributed by atoms with Crippen molar-refractivity contribution in [1.82, 2.24) is 0 Å². The van der Waals surface area contributed by atoms with Gasteiger partial charge in [-0.15, -0.1) is 29.0 Å². The molecule has 0 saturated heterocycles. The number of aryl methyl sites for hydroxylation is 2. The van der Waals surface area contributed by atoms with Gasteiger partial charge in [0.25, 0.3) is 0 Å². The van der Waals surface area contributed by atoms with E-state index in [0.717, 1.165) is 12.8 Å². The van der Waals surface area contributed by atoms with Gasteiger partial charge in [-0.3, -0.25) is 0 Å². The summed E-state index contributed by atoms with van der Waals surface area (Å²) in [4.78, 5) is 0. The Hall–Kier alpha value is 0.414. The van der Waals surface area contributed by atoms with Crippen molar-refractivity contribution in [3.63, 3.8) is 0 Å². The Bertz CT molecular complexity index is 386. The molecule has 0 radical (unpaired) electrons. The topological polar surface area (TPSA) is 0 Å². The summed E-state index contributed by atoms with van der Waals surface area (Å²) >= 11 is 0. The van der Waals surface area contributed by atoms with Crippen LogP contribution in [0.2, 0.25) is 0 Å². The molecule has 0 aliphatic rings. The van der Waals surface area contributed by atoms with E-state index < -0.39 is 0 Å². The van der Waals surface area contributed by atoms with Crippen molar-refractivity contribution in [2.24, 2.45) is 0 Å². The molecule has 0 fully saturated rings. The van der Waals surface area contributed by atoms with E-state index in [-0.39, 0.29) is 58.9 Å². The Kier molecular flexibility index (Phi) is 13.7. The summed E-state index contributed by atoms with van der Waals surface area (Å²) < 4.78 is 0. The third-order valence-corrected chi connectivity index (χ3v) is 2.72. The van der Waals surface area contributed by atoms with E-state index >= 15 is 0 Å². The zero-order valence-electron chi connectivity index (χ0n) is 9.93. The van der Waals surface area contributed by atoms with Crippen LogP contribution >= 0.6 is 0 Å². The van der Waals surface area contributed by atoms with Crippen molar-refractivity contribution in [3.8, 4) is 0 Å². The molecule has 4 heteroatoms. The number of benzene rings is 1. The van der Waals surface area contributed by atoms with Gasteiger partial charge in [0.1, 0.15) is 0 Å². The molecule has 0 N–H and O–H groups in total. The Morgan fingerprint density at radius 2 is 1.47 bits per heavy atom. The average Bonchev–Trinajstić information content (AvgIpc) is 2.62. The molecule has 0 aliphatic carbocycles. The molecule has 0 aromatic heterocycles. The summed E-state index contributed by atoms with van der Waals surface area (Å²) in [5, 5.41) is 2.77. The van der Waals surface area contributed by atoms with Crippen LogP contribution in [-0.2, 0) is 34.6 Å². The van der Waals surface area contributed by atoms with E-state index in [4.69, 9.17) is 0 Å². The molecule has 92 valence electrons. The largest absolute Gasteiger partial charge is 4.00 e. The van der Waals surface area contributed by atoms with Crippen molar-refractivity contribution >= 4 is 10.8 Å². The molecule has 0 spiro atoms. The molecule has 0 bridgehead atoms. The van der Waals surface area contributed by atoms with Gasteiger partial charge >= 0.3 is 21.7 Å². The standard InChI is InChI=1S/C13H15.3ClH.Ti/c1-3-10-8-12-6-5-7-13(12)9-11(10)4-2;;;;/h5-9H,3-4H2,1-2H3;3*1H;/q-1;;;;+4/p-3. The molecule has 2 rings (SSSR count). The van der Waals surface area contributed by atoms with Gasteiger partial charge in [0.2, 0.25) is 0 Å². The van der Waals surface area contributed by atoms with Crippen molar-refractivity contribution in [1.29, 1.82) is 0 Å². The minimum absolute atomic E-state index is 0. The van der Waals surface area contributed by atoms with Crippen molar-refractivity contribution in [2.45, 2.75) is 26.7 Å². The predicted octanol–water partition coefficient (Wildman–Crippen LogP) is -5.31. The number of hydrogen-bond acceptors (Lipinski definition) is 0. The van der Waals surface area contributed by atoms with E-state index in [9.17, 15) is 0 Å². The van der Waals surface area contributed by atoms with Crippen LogP contribution in [0.5, 0.6) is 0 Å². The quantitative estimate of drug-likeness (QED) is 0.382. The van der Waals surface area contributed by atoms with Crippen LogP contribution in [-0.4, -0.2) is 0 Å². The van der Waals surface area contributed by atoms with Crippen LogP contribution in [0.15, 0.2) is 30.3 Å². The van der Waals surface area contributed by atoms with E-state index in [1.54, 1.807) is 0 Å². The van der Waals surface area contributed by atoms with Crippen LogP contribution < -0.4 is 37.2 Å². The SMILES string of the molecule is CCc1cc2cc[cH-]c2cc1CC.[Cl-].[Cl-].[Cl-].[Ti+4]. The average molecular weight is 325 g/mol. The molecule has 0 atom stereocenters. The third-order valence-electron chi connectivity index (χ3n) is 2.72. The fraction of sp³-hybridized carbons (Fsp3) is 0.308. The molecule has 2 aromatic carbocycles. The summed E-state index contributed by atoms with van der Waals surface area (Å²) in [6.45, 7) is 4.45. The zero-order chi connectivity index (χ0) is 9.26. The molecule has 0 nitrogen and oxygen atoms in total. The second-order valence-electron chi connectivity index (χ2n) is 3.48. The predicted molar refractivity (Wildman–Crippen MR) is 58.3 cm³/mol. The number of rotatable bonds is 2. The van der Waals surface area contributed by atoms with E-state index in [1.807, 2.05) is 0 Å². The minimum Gasteiger partial charge on any atom is -1.00 e. The zero-order valence-corrected chi connectivity index (χ0v) is 13.8. The monoisotopic (exact) mass is 324 g/mol. The minimum atomic E-state index is 0. The number of halogens is 3. The van der Waals surface area contributed by atoms with Crippen molar-refractivity contribution < 1.29 is 58.9 Å². The summed E-state index contributed by atoms with van der Waals surface area (Å²) in [7, 11) is 0. The molecule has 0 aliphatic heterocycles. The number of hydrogen-bond donors (Lipinski definition) is 0. The molecule has 17 heavy (non-hydrogen) atoms. The smallest absolute Gasteiger partial charge is 1.00 e. The van der Waals surface area contributed by atoms with Crippen LogP contribution in [0.1, 0.15) is 25.0 Å². The van der Waals surface area contributed by atoms with Crippen LogP contribution in [0.25, 0.3) is 10.8 Å². The second kappa shape index (κ2) is 10.3. The summed E-state index contributed by atoms with van der Waals surface area (Å²) in [5.41, 5.74) is 3.00. The van der Waals surface area contributed by atoms with Gasteiger partial charge < -0.3 is 37.2 Å². The first-order valence-corrected chi connectivity index (χ1v) is 5.02. The molecule has 2 aromatic rings. The maximum Gasteiger partial charge on any atom is 4.00 e. The first-order chi connectivity index (χ1) is 6.35. The maximum atomic E-state index is 2.33. The van der Waals surface area contributed by atoms with Gasteiger partial charge in [-0.05, 0) is 12.8 Å². The normalized spacial score (nSPS) is 8.35. The molecular formula is C13H15Cl3Ti. The Balaban J connectivity index is -0.000000490. The first kappa shape index (κ1) is 22.6. The first-order valence-electron chi connectivity index (χ1n) is 5.02. The second-order valence-corrected chi connectivity index (χ2v) is 3.48. The molecule has 0 heterocycles. The number of fused-ring (bicyclic) bond motifs is 1. The van der Waals surface area contributed by atoms with Gasteiger partial charge in [-0.1, -0.05) is 25.0 Å². The van der Waals surface area contributed by atoms with Crippen LogP contribution in [0.4, 0.5) is 0 Å². The van der Waals surface area contributed by atoms with Gasteiger partial charge in [-0.25, -0.2) is 0 Å². The van der Waals surface area contributed by atoms with Gasteiger partial charge in [0.05, 0.1) is 0 Å². The van der Waals surface area contributed by atoms with Crippen molar-refractivity contribution in [3.05, 3.63) is 41.5 Å². The molecule has 0 amide bonds. The van der Waals surface area contributed by atoms with Crippen LogP contribution in [0.3, 0.4) is 0 Å². The summed E-state index contributed by atoms with van der Waals surface area (Å²) in [6, 6.07) is 11.2. The van der Waals surface area contributed by atoms with Gasteiger partial charge in [0.15, 0.2) is 0 Å². The summed E-state index contributed by atoms with van der Waals surface area (Å²) in [5.74, 6) is 0.